The monoisotopic (exact) mass is 228 g/mol. The first kappa shape index (κ1) is 13.5. The largest absolute Gasteiger partial charge is 0.468 e. The van der Waals surface area contributed by atoms with E-state index in [1.807, 2.05) is 0 Å². The number of carbonyl (C=O) groups is 1. The zero-order chi connectivity index (χ0) is 12.0. The van der Waals surface area contributed by atoms with Gasteiger partial charge in [0.25, 0.3) is 0 Å². The van der Waals surface area contributed by atoms with E-state index in [9.17, 15) is 4.79 Å². The molecular weight excluding hydrogens is 204 g/mol. The van der Waals surface area contributed by atoms with Gasteiger partial charge in [0, 0.05) is 26.2 Å². The van der Waals surface area contributed by atoms with Crippen LogP contribution in [0.5, 0.6) is 0 Å². The van der Waals surface area contributed by atoms with Crippen LogP contribution in [-0.2, 0) is 9.53 Å². The van der Waals surface area contributed by atoms with E-state index in [0.29, 0.717) is 5.92 Å². The minimum atomic E-state index is -0.0735. The van der Waals surface area contributed by atoms with Gasteiger partial charge in [-0.25, -0.2) is 0 Å². The minimum Gasteiger partial charge on any atom is -0.468 e. The molecule has 1 aliphatic rings. The second-order valence-corrected chi connectivity index (χ2v) is 4.33. The summed E-state index contributed by atoms with van der Waals surface area (Å²) in [5.74, 6) is 0.334. The summed E-state index contributed by atoms with van der Waals surface area (Å²) < 4.78 is 4.95. The molecule has 1 unspecified atom stereocenters. The van der Waals surface area contributed by atoms with E-state index >= 15 is 0 Å². The standard InChI is InChI=1S/C12H24N2O2/c1-4-10(5-2)11(12(15)16-3)14-8-6-13-7-9-14/h10-11,13H,4-9H2,1-3H3. The summed E-state index contributed by atoms with van der Waals surface area (Å²) in [6.07, 6.45) is 2.06. The molecule has 0 spiro atoms. The van der Waals surface area contributed by atoms with Gasteiger partial charge in [0.05, 0.1) is 7.11 Å². The number of hydrogen-bond acceptors (Lipinski definition) is 4. The number of nitrogens with zero attached hydrogens (tertiary/aromatic N) is 1. The number of piperazine rings is 1. The lowest BCUT2D eigenvalue weighted by Crippen LogP contribution is -2.54. The molecule has 0 aromatic rings. The summed E-state index contributed by atoms with van der Waals surface area (Å²) in [6, 6.07) is -0.0536. The summed E-state index contributed by atoms with van der Waals surface area (Å²) in [5.41, 5.74) is 0. The molecule has 1 aliphatic heterocycles. The number of esters is 1. The molecule has 0 aliphatic carbocycles. The Hall–Kier alpha value is -0.610. The lowest BCUT2D eigenvalue weighted by atomic mass is 9.92. The van der Waals surface area contributed by atoms with E-state index in [4.69, 9.17) is 4.74 Å². The van der Waals surface area contributed by atoms with Gasteiger partial charge in [0.1, 0.15) is 6.04 Å². The van der Waals surface area contributed by atoms with Crippen molar-refractivity contribution in [2.24, 2.45) is 5.92 Å². The first-order valence-corrected chi connectivity index (χ1v) is 6.27. The zero-order valence-electron chi connectivity index (χ0n) is 10.7. The highest BCUT2D eigenvalue weighted by molar-refractivity contribution is 5.76. The van der Waals surface area contributed by atoms with Gasteiger partial charge in [-0.15, -0.1) is 0 Å². The van der Waals surface area contributed by atoms with Gasteiger partial charge in [-0.3, -0.25) is 9.69 Å². The molecule has 0 radical (unpaired) electrons. The van der Waals surface area contributed by atoms with E-state index in [2.05, 4.69) is 24.1 Å². The van der Waals surface area contributed by atoms with Crippen molar-refractivity contribution in [3.8, 4) is 0 Å². The van der Waals surface area contributed by atoms with Crippen molar-refractivity contribution in [3.05, 3.63) is 0 Å². The molecule has 1 rings (SSSR count). The van der Waals surface area contributed by atoms with Crippen LogP contribution in [0.2, 0.25) is 0 Å². The molecule has 1 heterocycles. The van der Waals surface area contributed by atoms with Crippen molar-refractivity contribution in [2.75, 3.05) is 33.3 Å². The number of methoxy groups -OCH3 is 1. The minimum absolute atomic E-state index is 0.0536. The lowest BCUT2D eigenvalue weighted by molar-refractivity contribution is -0.149. The van der Waals surface area contributed by atoms with Crippen molar-refractivity contribution in [3.63, 3.8) is 0 Å². The fourth-order valence-electron chi connectivity index (χ4n) is 2.46. The number of nitrogens with one attached hydrogen (secondary N) is 1. The Morgan fingerprint density at radius 3 is 2.31 bits per heavy atom. The van der Waals surface area contributed by atoms with Gasteiger partial charge in [0.15, 0.2) is 0 Å². The second kappa shape index (κ2) is 6.86. The van der Waals surface area contributed by atoms with Crippen molar-refractivity contribution >= 4 is 5.97 Å². The Bertz CT molecular complexity index is 211. The summed E-state index contributed by atoms with van der Waals surface area (Å²) in [7, 11) is 1.49. The molecule has 1 saturated heterocycles. The summed E-state index contributed by atoms with van der Waals surface area (Å²) in [5, 5.41) is 3.31. The molecule has 94 valence electrons. The van der Waals surface area contributed by atoms with Crippen LogP contribution in [0.15, 0.2) is 0 Å². The molecule has 0 aromatic heterocycles. The molecule has 4 nitrogen and oxygen atoms in total. The van der Waals surface area contributed by atoms with Crippen LogP contribution in [0.1, 0.15) is 26.7 Å². The summed E-state index contributed by atoms with van der Waals surface area (Å²) >= 11 is 0. The quantitative estimate of drug-likeness (QED) is 0.709. The molecular formula is C12H24N2O2. The predicted octanol–water partition coefficient (Wildman–Crippen LogP) is 0.869. The Balaban J connectivity index is 2.71. The van der Waals surface area contributed by atoms with Crippen molar-refractivity contribution < 1.29 is 9.53 Å². The van der Waals surface area contributed by atoms with E-state index in [-0.39, 0.29) is 12.0 Å². The highest BCUT2D eigenvalue weighted by Gasteiger charge is 2.33. The molecule has 1 atom stereocenters. The van der Waals surface area contributed by atoms with Crippen molar-refractivity contribution in [2.45, 2.75) is 32.7 Å². The van der Waals surface area contributed by atoms with E-state index in [0.717, 1.165) is 39.0 Å². The third-order valence-corrected chi connectivity index (χ3v) is 3.48. The van der Waals surface area contributed by atoms with Crippen molar-refractivity contribution in [1.29, 1.82) is 0 Å². The van der Waals surface area contributed by atoms with Gasteiger partial charge in [0.2, 0.25) is 0 Å². The Labute approximate surface area is 98.3 Å². The van der Waals surface area contributed by atoms with Crippen LogP contribution in [0, 0.1) is 5.92 Å². The molecule has 16 heavy (non-hydrogen) atoms. The molecule has 1 N–H and O–H groups in total. The number of ether oxygens (including phenoxy) is 1. The van der Waals surface area contributed by atoms with Crippen LogP contribution in [-0.4, -0.2) is 50.2 Å². The number of hydrogen-bond donors (Lipinski definition) is 1. The Morgan fingerprint density at radius 2 is 1.88 bits per heavy atom. The van der Waals surface area contributed by atoms with Crippen LogP contribution in [0.3, 0.4) is 0 Å². The van der Waals surface area contributed by atoms with Gasteiger partial charge >= 0.3 is 5.97 Å². The van der Waals surface area contributed by atoms with Crippen LogP contribution in [0.25, 0.3) is 0 Å². The molecule has 0 saturated carbocycles. The third kappa shape index (κ3) is 3.19. The summed E-state index contributed by atoms with van der Waals surface area (Å²) in [4.78, 5) is 14.2. The van der Waals surface area contributed by atoms with Gasteiger partial charge in [-0.05, 0) is 5.92 Å². The third-order valence-electron chi connectivity index (χ3n) is 3.48. The molecule has 0 amide bonds. The Kier molecular flexibility index (Phi) is 5.77. The predicted molar refractivity (Wildman–Crippen MR) is 64.3 cm³/mol. The number of rotatable bonds is 5. The fraction of sp³-hybridized carbons (Fsp3) is 0.917. The maximum Gasteiger partial charge on any atom is 0.323 e. The highest BCUT2D eigenvalue weighted by atomic mass is 16.5. The zero-order valence-corrected chi connectivity index (χ0v) is 10.7. The first-order chi connectivity index (χ1) is 7.74. The van der Waals surface area contributed by atoms with Gasteiger partial charge in [-0.2, -0.15) is 0 Å². The SMILES string of the molecule is CCC(CC)C(C(=O)OC)N1CCNCC1. The fourth-order valence-corrected chi connectivity index (χ4v) is 2.46. The second-order valence-electron chi connectivity index (χ2n) is 4.33. The lowest BCUT2D eigenvalue weighted by Gasteiger charge is -2.37. The Morgan fingerprint density at radius 1 is 1.31 bits per heavy atom. The maximum atomic E-state index is 11.9. The van der Waals surface area contributed by atoms with Crippen LogP contribution >= 0.6 is 0 Å². The normalized spacial score (nSPS) is 19.8. The molecule has 0 aromatic carbocycles. The molecule has 4 heteroatoms. The van der Waals surface area contributed by atoms with E-state index in [1.165, 1.54) is 7.11 Å². The highest BCUT2D eigenvalue weighted by Crippen LogP contribution is 2.20. The average Bonchev–Trinajstić information content (AvgIpc) is 2.36. The van der Waals surface area contributed by atoms with Gasteiger partial charge in [-0.1, -0.05) is 26.7 Å². The number of carbonyl (C=O) groups excluding carboxylic acids is 1. The van der Waals surface area contributed by atoms with E-state index < -0.39 is 0 Å². The summed E-state index contributed by atoms with van der Waals surface area (Å²) in [6.45, 7) is 8.10. The van der Waals surface area contributed by atoms with Crippen molar-refractivity contribution in [1.82, 2.24) is 10.2 Å². The first-order valence-electron chi connectivity index (χ1n) is 6.27. The van der Waals surface area contributed by atoms with E-state index in [1.54, 1.807) is 0 Å². The average molecular weight is 228 g/mol. The van der Waals surface area contributed by atoms with Gasteiger partial charge < -0.3 is 10.1 Å². The topological polar surface area (TPSA) is 41.6 Å². The molecule has 0 bridgehead atoms. The smallest absolute Gasteiger partial charge is 0.323 e. The molecule has 1 fully saturated rings. The van der Waals surface area contributed by atoms with Crippen LogP contribution in [0.4, 0.5) is 0 Å². The maximum absolute atomic E-state index is 11.9. The van der Waals surface area contributed by atoms with Crippen LogP contribution < -0.4 is 5.32 Å².